The third kappa shape index (κ3) is 3.35. The van der Waals surface area contributed by atoms with E-state index in [0.29, 0.717) is 31.9 Å². The summed E-state index contributed by atoms with van der Waals surface area (Å²) in [7, 11) is 0. The molecule has 0 bridgehead atoms. The van der Waals surface area contributed by atoms with Crippen LogP contribution in [-0.4, -0.2) is 83.8 Å². The van der Waals surface area contributed by atoms with Crippen LogP contribution < -0.4 is 0 Å². The van der Waals surface area contributed by atoms with Gasteiger partial charge >= 0.3 is 12.1 Å². The summed E-state index contributed by atoms with van der Waals surface area (Å²) in [5, 5.41) is 28.2. The Bertz CT molecular complexity index is 942. The minimum atomic E-state index is -1.44. The summed E-state index contributed by atoms with van der Waals surface area (Å²) in [6.07, 6.45) is 3.84. The number of carbonyl (C=O) groups excluding carboxylic acids is 1. The standard InChI is InChI=1S/C19H25N7O4/c1-14(11-16-3-5-20-6-4-16)26(30,19(28)29)23-9-7-22(8-10-23)24-13-17-12-21-15(2)25(17)18(24)27/h3-6,12,14H,7-11,13H2,1-2H3,(H,28,29). The smallest absolute Gasteiger partial charge is 0.534 e. The molecule has 0 aromatic carbocycles. The number of hydrogen-bond acceptors (Lipinski definition) is 7. The normalized spacial score (nSPS) is 20.8. The Morgan fingerprint density at radius 3 is 2.53 bits per heavy atom. The maximum Gasteiger partial charge on any atom is 0.534 e. The molecular formula is C19H25N7O4. The number of fused-ring (bicyclic) bond motifs is 1. The molecule has 2 unspecified atom stereocenters. The van der Waals surface area contributed by atoms with E-state index in [-0.39, 0.29) is 19.1 Å². The number of pyridine rings is 1. The molecule has 2 aromatic heterocycles. The molecule has 1 N–H and O–H groups in total. The van der Waals surface area contributed by atoms with Crippen LogP contribution in [0.2, 0.25) is 0 Å². The van der Waals surface area contributed by atoms with E-state index in [1.807, 2.05) is 5.01 Å². The third-order valence-corrected chi connectivity index (χ3v) is 5.88. The zero-order valence-corrected chi connectivity index (χ0v) is 17.0. The van der Waals surface area contributed by atoms with Gasteiger partial charge in [-0.25, -0.2) is 19.4 Å². The Morgan fingerprint density at radius 2 is 1.93 bits per heavy atom. The number of piperazine rings is 1. The highest BCUT2D eigenvalue weighted by molar-refractivity contribution is 5.80. The van der Waals surface area contributed by atoms with Crippen LogP contribution in [0.4, 0.5) is 9.59 Å². The predicted molar refractivity (Wildman–Crippen MR) is 106 cm³/mol. The number of carboxylic acid groups (broad SMARTS) is 1. The minimum Gasteiger partial charge on any atom is -0.601 e. The summed E-state index contributed by atoms with van der Waals surface area (Å²) in [6.45, 7) is 5.12. The lowest BCUT2D eigenvalue weighted by Crippen LogP contribution is -2.69. The van der Waals surface area contributed by atoms with Gasteiger partial charge in [0.05, 0.1) is 31.5 Å². The summed E-state index contributed by atoms with van der Waals surface area (Å²) < 4.78 is 0.140. The zero-order chi connectivity index (χ0) is 21.5. The van der Waals surface area contributed by atoms with E-state index in [9.17, 15) is 19.9 Å². The van der Waals surface area contributed by atoms with Gasteiger partial charge in [-0.05, 0) is 31.5 Å². The fourth-order valence-electron chi connectivity index (χ4n) is 4.22. The molecule has 30 heavy (non-hydrogen) atoms. The van der Waals surface area contributed by atoms with Gasteiger partial charge < -0.3 is 10.3 Å². The molecule has 2 atom stereocenters. The van der Waals surface area contributed by atoms with Crippen molar-refractivity contribution in [2.24, 2.45) is 0 Å². The zero-order valence-electron chi connectivity index (χ0n) is 17.0. The molecule has 11 heteroatoms. The van der Waals surface area contributed by atoms with Gasteiger partial charge in [0.1, 0.15) is 11.9 Å². The van der Waals surface area contributed by atoms with Crippen molar-refractivity contribution in [3.05, 3.63) is 53.0 Å². The second kappa shape index (κ2) is 7.76. The van der Waals surface area contributed by atoms with Crippen molar-refractivity contribution in [3.8, 4) is 0 Å². The summed E-state index contributed by atoms with van der Waals surface area (Å²) in [5.41, 5.74) is 1.69. The van der Waals surface area contributed by atoms with Crippen molar-refractivity contribution in [1.82, 2.24) is 29.6 Å². The molecule has 0 spiro atoms. The van der Waals surface area contributed by atoms with E-state index in [1.54, 1.807) is 54.1 Å². The number of hydrazine groups is 1. The lowest BCUT2D eigenvalue weighted by atomic mass is 10.1. The Kier molecular flexibility index (Phi) is 5.28. The Labute approximate surface area is 173 Å². The summed E-state index contributed by atoms with van der Waals surface area (Å²) in [6, 6.07) is 2.69. The molecule has 2 aromatic rings. The number of amides is 2. The van der Waals surface area contributed by atoms with Gasteiger partial charge in [-0.1, -0.05) is 0 Å². The molecule has 2 aliphatic heterocycles. The van der Waals surface area contributed by atoms with Gasteiger partial charge in [-0.3, -0.25) is 9.99 Å². The van der Waals surface area contributed by atoms with Crippen LogP contribution in [0.15, 0.2) is 30.7 Å². The first-order valence-electron chi connectivity index (χ1n) is 9.90. The number of imidazole rings is 1. The molecule has 1 saturated heterocycles. The van der Waals surface area contributed by atoms with Gasteiger partial charge in [-0.15, -0.1) is 5.01 Å². The van der Waals surface area contributed by atoms with Crippen molar-refractivity contribution in [1.29, 1.82) is 0 Å². The first-order chi connectivity index (χ1) is 14.3. The molecule has 0 radical (unpaired) electrons. The highest BCUT2D eigenvalue weighted by atomic mass is 16.7. The van der Waals surface area contributed by atoms with E-state index in [1.165, 1.54) is 5.01 Å². The summed E-state index contributed by atoms with van der Waals surface area (Å²) >= 11 is 0. The van der Waals surface area contributed by atoms with Gasteiger partial charge in [0.25, 0.3) is 0 Å². The first kappa shape index (κ1) is 20.4. The van der Waals surface area contributed by atoms with Crippen LogP contribution in [0.25, 0.3) is 0 Å². The van der Waals surface area contributed by atoms with Crippen molar-refractivity contribution >= 4 is 12.1 Å². The molecule has 4 rings (SSSR count). The van der Waals surface area contributed by atoms with E-state index >= 15 is 0 Å². The van der Waals surface area contributed by atoms with Crippen LogP contribution in [0.3, 0.4) is 0 Å². The number of quaternary nitrogens is 1. The number of nitrogens with zero attached hydrogens (tertiary/aromatic N) is 7. The Hall–Kier alpha value is -2.86. The average Bonchev–Trinajstić information content (AvgIpc) is 3.28. The second-order valence-electron chi connectivity index (χ2n) is 7.69. The monoisotopic (exact) mass is 415 g/mol. The lowest BCUT2D eigenvalue weighted by Gasteiger charge is -2.51. The summed E-state index contributed by atoms with van der Waals surface area (Å²) in [4.78, 5) is 32.8. The molecular weight excluding hydrogens is 390 g/mol. The van der Waals surface area contributed by atoms with E-state index in [2.05, 4.69) is 9.97 Å². The molecule has 0 saturated carbocycles. The van der Waals surface area contributed by atoms with E-state index < -0.39 is 16.9 Å². The van der Waals surface area contributed by atoms with E-state index in [4.69, 9.17) is 0 Å². The SMILES string of the molecule is Cc1ncc2n1C(=O)N(N1CCN([N+]([O-])(C(=O)O)C(C)Cc3ccncc3)CC1)C2. The molecule has 160 valence electrons. The largest absolute Gasteiger partial charge is 0.601 e. The fourth-order valence-corrected chi connectivity index (χ4v) is 4.22. The molecule has 0 aliphatic carbocycles. The van der Waals surface area contributed by atoms with Crippen molar-refractivity contribution < 1.29 is 19.5 Å². The molecule has 11 nitrogen and oxygen atoms in total. The maximum absolute atomic E-state index is 13.5. The van der Waals surface area contributed by atoms with Crippen molar-refractivity contribution in [2.45, 2.75) is 32.9 Å². The maximum atomic E-state index is 13.5. The van der Waals surface area contributed by atoms with E-state index in [0.717, 1.165) is 11.3 Å². The van der Waals surface area contributed by atoms with Crippen LogP contribution in [0.1, 0.15) is 24.0 Å². The van der Waals surface area contributed by atoms with Gasteiger partial charge in [0.15, 0.2) is 0 Å². The Morgan fingerprint density at radius 1 is 1.27 bits per heavy atom. The summed E-state index contributed by atoms with van der Waals surface area (Å²) in [5.74, 6) is 0.641. The van der Waals surface area contributed by atoms with Crippen molar-refractivity contribution in [3.63, 3.8) is 0 Å². The second-order valence-corrected chi connectivity index (χ2v) is 7.69. The average molecular weight is 415 g/mol. The van der Waals surface area contributed by atoms with Gasteiger partial charge in [-0.2, -0.15) is 9.55 Å². The number of hydrogen-bond donors (Lipinski definition) is 1. The van der Waals surface area contributed by atoms with Crippen LogP contribution in [0.5, 0.6) is 0 Å². The van der Waals surface area contributed by atoms with Crippen LogP contribution in [-0.2, 0) is 13.0 Å². The number of carbonyl (C=O) groups is 2. The predicted octanol–water partition coefficient (Wildman–Crippen LogP) is 1.44. The molecule has 1 fully saturated rings. The molecule has 2 amide bonds. The highest BCUT2D eigenvalue weighted by Crippen LogP contribution is 2.25. The third-order valence-electron chi connectivity index (χ3n) is 5.88. The number of rotatable bonds is 5. The lowest BCUT2D eigenvalue weighted by molar-refractivity contribution is -0.950. The van der Waals surface area contributed by atoms with Crippen LogP contribution in [0, 0.1) is 12.1 Å². The fraction of sp³-hybridized carbons (Fsp3) is 0.474. The number of hydroxylamine groups is 2. The van der Waals surface area contributed by atoms with Gasteiger partial charge in [0, 0.05) is 31.9 Å². The number of aromatic nitrogens is 3. The van der Waals surface area contributed by atoms with Gasteiger partial charge in [0.2, 0.25) is 0 Å². The molecule has 4 heterocycles. The minimum absolute atomic E-state index is 0.166. The Balaban J connectivity index is 1.43. The molecule has 2 aliphatic rings. The quantitative estimate of drug-likeness (QED) is 0.576. The highest BCUT2D eigenvalue weighted by Gasteiger charge is 2.44. The van der Waals surface area contributed by atoms with Crippen LogP contribution >= 0.6 is 0 Å². The number of aryl methyl sites for hydroxylation is 1. The van der Waals surface area contributed by atoms with Crippen molar-refractivity contribution in [2.75, 3.05) is 26.2 Å². The topological polar surface area (TPSA) is 118 Å². The first-order valence-corrected chi connectivity index (χ1v) is 9.90.